The molecule has 1 unspecified atom stereocenters. The molecule has 1 aliphatic rings. The predicted octanol–water partition coefficient (Wildman–Crippen LogP) is 1.71. The van der Waals surface area contributed by atoms with Gasteiger partial charge < -0.3 is 28.9 Å². The van der Waals surface area contributed by atoms with Gasteiger partial charge in [0, 0.05) is 36.3 Å². The maximum atomic E-state index is 14.4. The summed E-state index contributed by atoms with van der Waals surface area (Å²) < 4.78 is 42.6. The summed E-state index contributed by atoms with van der Waals surface area (Å²) in [6.45, 7) is 0.657. The molecule has 1 aromatic heterocycles. The van der Waals surface area contributed by atoms with Crippen LogP contribution in [0.15, 0.2) is 69.4 Å². The highest BCUT2D eigenvalue weighted by Crippen LogP contribution is 2.49. The molecule has 18 heteroatoms. The smallest absolute Gasteiger partial charge is 0.459 e. The van der Waals surface area contributed by atoms with Crippen LogP contribution in [-0.4, -0.2) is 76.6 Å². The van der Waals surface area contributed by atoms with Crippen molar-refractivity contribution < 1.29 is 42.8 Å². The minimum absolute atomic E-state index is 0.0158. The van der Waals surface area contributed by atoms with Gasteiger partial charge in [0.25, 0.3) is 5.56 Å². The Bertz CT molecular complexity index is 1690. The molecule has 4 N–H and O–H groups in total. The number of rotatable bonds is 14. The lowest BCUT2D eigenvalue weighted by Gasteiger charge is -2.30. The zero-order valence-electron chi connectivity index (χ0n) is 23.6. The van der Waals surface area contributed by atoms with Gasteiger partial charge in [0.1, 0.15) is 24.0 Å². The Morgan fingerprint density at radius 1 is 1.25 bits per heavy atom. The molecule has 236 valence electrons. The summed E-state index contributed by atoms with van der Waals surface area (Å²) in [7, 11) is -3.27. The van der Waals surface area contributed by atoms with E-state index in [1.807, 2.05) is 4.98 Å². The molecule has 2 aromatic carbocycles. The topological polar surface area (TPSA) is 236 Å². The van der Waals surface area contributed by atoms with Gasteiger partial charge in [0.05, 0.1) is 13.2 Å². The quantitative estimate of drug-likeness (QED) is 0.0652. The van der Waals surface area contributed by atoms with Gasteiger partial charge in [-0.2, -0.15) is 5.09 Å². The zero-order valence-corrected chi connectivity index (χ0v) is 24.5. The average Bonchev–Trinajstić information content (AvgIpc) is 3.24. The third-order valence-corrected chi connectivity index (χ3v) is 8.18. The summed E-state index contributed by atoms with van der Waals surface area (Å²) in [6.07, 6.45) is -4.58. The molecule has 1 saturated heterocycles. The Morgan fingerprint density at radius 2 is 2.00 bits per heavy atom. The Labute approximate surface area is 249 Å². The summed E-state index contributed by atoms with van der Waals surface area (Å²) in [5.74, 6) is -0.693. The highest BCUT2D eigenvalue weighted by atomic mass is 31.2. The van der Waals surface area contributed by atoms with Crippen molar-refractivity contribution in [2.45, 2.75) is 43.5 Å². The molecule has 6 atom stereocenters. The maximum absolute atomic E-state index is 14.4. The number of carbonyl (C=O) groups is 1. The molecular weight excluding hydrogens is 603 g/mol. The van der Waals surface area contributed by atoms with Crippen molar-refractivity contribution in [3.8, 4) is 5.75 Å². The molecule has 0 saturated carbocycles. The summed E-state index contributed by atoms with van der Waals surface area (Å²) >= 11 is 0. The van der Waals surface area contributed by atoms with Gasteiger partial charge >= 0.3 is 19.4 Å². The van der Waals surface area contributed by atoms with E-state index in [9.17, 15) is 34.7 Å². The van der Waals surface area contributed by atoms with E-state index in [0.717, 1.165) is 22.2 Å². The number of hydrogen-bond acceptors (Lipinski definition) is 12. The number of H-pyrrole nitrogens is 1. The van der Waals surface area contributed by atoms with Crippen LogP contribution in [0.2, 0.25) is 0 Å². The van der Waals surface area contributed by atoms with E-state index in [-0.39, 0.29) is 25.4 Å². The summed E-state index contributed by atoms with van der Waals surface area (Å²) in [5, 5.41) is 29.0. The number of aromatic amines is 1. The van der Waals surface area contributed by atoms with Crippen molar-refractivity contribution in [1.82, 2.24) is 14.6 Å². The number of nitrogens with one attached hydrogen (secondary N) is 2. The minimum atomic E-state index is -4.67. The molecular formula is C26H31N6O11P. The average molecular weight is 635 g/mol. The van der Waals surface area contributed by atoms with Gasteiger partial charge in [-0.15, -0.1) is 0 Å². The van der Waals surface area contributed by atoms with E-state index in [0.29, 0.717) is 5.39 Å². The van der Waals surface area contributed by atoms with Crippen LogP contribution in [0, 0.1) is 0 Å². The van der Waals surface area contributed by atoms with E-state index in [1.54, 1.807) is 43.3 Å². The number of ether oxygens (including phenoxy) is 3. The Kier molecular flexibility index (Phi) is 10.6. The van der Waals surface area contributed by atoms with Crippen LogP contribution >= 0.6 is 7.75 Å². The second-order valence-electron chi connectivity index (χ2n) is 9.55. The molecule has 3 aromatic rings. The SMILES string of the molecule is CCOC(=O)[C@H](CCOC)NP(=O)(OC[C@@]1(N=[N+]=[N-])O[C@@H](n2ccc(=O)[nH]c2=O)[C@H](O)[C@@H]1O)Oc1cccc2ccccc12. The standard InChI is InChI=1S/C26H31N6O11P/c1-3-40-24(36)18(12-14-39-2)29-44(38,43-19-10-6-8-16-7-4-5-9-17(16)19)41-15-26(30-31-27)22(35)21(34)23(42-26)32-13-11-20(33)28-25(32)37/h4-11,13,18,21-23,34-35H,3,12,14-15H2,1-2H3,(H,29,38)(H,28,33,37)/t18-,21+,22-,23+,26+,44?/m0/s1. The number of methoxy groups -OCH3 is 1. The Morgan fingerprint density at radius 3 is 2.70 bits per heavy atom. The van der Waals surface area contributed by atoms with Gasteiger partial charge in [0.15, 0.2) is 6.23 Å². The number of carbonyl (C=O) groups excluding carboxylic acids is 1. The third-order valence-electron chi connectivity index (χ3n) is 6.65. The molecule has 44 heavy (non-hydrogen) atoms. The van der Waals surface area contributed by atoms with Crippen molar-refractivity contribution in [1.29, 1.82) is 0 Å². The number of aliphatic hydroxyl groups excluding tert-OH is 2. The van der Waals surface area contributed by atoms with Gasteiger partial charge in [-0.25, -0.2) is 9.36 Å². The first-order chi connectivity index (χ1) is 21.1. The molecule has 0 bridgehead atoms. The lowest BCUT2D eigenvalue weighted by Crippen LogP contribution is -2.46. The normalized spacial score (nSPS) is 23.4. The van der Waals surface area contributed by atoms with Crippen LogP contribution in [0.3, 0.4) is 0 Å². The summed E-state index contributed by atoms with van der Waals surface area (Å²) in [4.78, 5) is 41.3. The maximum Gasteiger partial charge on any atom is 0.459 e. The third kappa shape index (κ3) is 7.18. The van der Waals surface area contributed by atoms with E-state index in [4.69, 9.17) is 23.3 Å². The van der Waals surface area contributed by atoms with Crippen molar-refractivity contribution >= 4 is 24.5 Å². The molecule has 0 amide bonds. The first-order valence-corrected chi connectivity index (χ1v) is 14.9. The number of fused-ring (bicyclic) bond motifs is 1. The van der Waals surface area contributed by atoms with Crippen molar-refractivity contribution in [2.75, 3.05) is 26.9 Å². The fourth-order valence-electron chi connectivity index (χ4n) is 4.50. The van der Waals surface area contributed by atoms with Crippen LogP contribution in [0.25, 0.3) is 21.2 Å². The zero-order chi connectivity index (χ0) is 31.9. The first-order valence-electron chi connectivity index (χ1n) is 13.3. The minimum Gasteiger partial charge on any atom is -0.465 e. The van der Waals surface area contributed by atoms with E-state index in [1.165, 1.54) is 13.2 Å². The predicted molar refractivity (Wildman–Crippen MR) is 154 cm³/mol. The number of aromatic nitrogens is 2. The molecule has 1 aliphatic heterocycles. The number of aliphatic hydroxyl groups is 2. The molecule has 4 rings (SSSR count). The molecule has 2 heterocycles. The van der Waals surface area contributed by atoms with Crippen LogP contribution < -0.4 is 20.9 Å². The van der Waals surface area contributed by atoms with E-state index >= 15 is 0 Å². The number of hydrogen-bond donors (Lipinski definition) is 4. The fourth-order valence-corrected chi connectivity index (χ4v) is 6.07. The number of benzene rings is 2. The molecule has 0 aliphatic carbocycles. The Balaban J connectivity index is 1.71. The largest absolute Gasteiger partial charge is 0.465 e. The van der Waals surface area contributed by atoms with Crippen LogP contribution in [0.4, 0.5) is 0 Å². The van der Waals surface area contributed by atoms with Crippen LogP contribution in [0.1, 0.15) is 19.6 Å². The summed E-state index contributed by atoms with van der Waals surface area (Å²) in [5.41, 5.74) is 5.14. The van der Waals surface area contributed by atoms with Gasteiger partial charge in [-0.1, -0.05) is 41.5 Å². The second kappa shape index (κ2) is 14.2. The van der Waals surface area contributed by atoms with Crippen molar-refractivity contribution in [3.63, 3.8) is 0 Å². The number of nitrogens with zero attached hydrogens (tertiary/aromatic N) is 4. The molecule has 17 nitrogen and oxygen atoms in total. The first kappa shape index (κ1) is 32.9. The monoisotopic (exact) mass is 634 g/mol. The fraction of sp³-hybridized carbons (Fsp3) is 0.423. The van der Waals surface area contributed by atoms with E-state index in [2.05, 4.69) is 15.1 Å². The lowest BCUT2D eigenvalue weighted by molar-refractivity contribution is -0.145. The van der Waals surface area contributed by atoms with Crippen molar-refractivity contribution in [2.24, 2.45) is 5.11 Å². The highest BCUT2D eigenvalue weighted by molar-refractivity contribution is 7.52. The summed E-state index contributed by atoms with van der Waals surface area (Å²) in [6, 6.07) is 11.7. The molecule has 0 radical (unpaired) electrons. The molecule has 0 spiro atoms. The van der Waals surface area contributed by atoms with Crippen LogP contribution in [-0.2, 0) is 28.1 Å². The van der Waals surface area contributed by atoms with Crippen LogP contribution in [0.5, 0.6) is 5.75 Å². The van der Waals surface area contributed by atoms with Gasteiger partial charge in [0.2, 0.25) is 5.72 Å². The van der Waals surface area contributed by atoms with E-state index < -0.39 is 61.8 Å². The Hall–Kier alpha value is -4.05. The van der Waals surface area contributed by atoms with Gasteiger partial charge in [-0.05, 0) is 30.3 Å². The lowest BCUT2D eigenvalue weighted by atomic mass is 10.1. The van der Waals surface area contributed by atoms with Gasteiger partial charge in [-0.3, -0.25) is 23.7 Å². The number of esters is 1. The number of azide groups is 1. The second-order valence-corrected chi connectivity index (χ2v) is 11.2. The highest BCUT2D eigenvalue weighted by Gasteiger charge is 2.56. The van der Waals surface area contributed by atoms with Crippen molar-refractivity contribution in [3.05, 3.63) is 86.0 Å². The molecule has 1 fully saturated rings.